The van der Waals surface area contributed by atoms with Gasteiger partial charge in [-0.15, -0.1) is 0 Å². The quantitative estimate of drug-likeness (QED) is 0.846. The van der Waals surface area contributed by atoms with Crippen molar-refractivity contribution in [2.75, 3.05) is 7.11 Å². The van der Waals surface area contributed by atoms with Crippen molar-refractivity contribution in [1.29, 1.82) is 0 Å². The van der Waals surface area contributed by atoms with Crippen molar-refractivity contribution in [3.8, 4) is 5.75 Å². The highest BCUT2D eigenvalue weighted by molar-refractivity contribution is 5.44. The van der Waals surface area contributed by atoms with E-state index in [1.165, 1.54) is 0 Å². The number of aryl methyl sites for hydroxylation is 2. The van der Waals surface area contributed by atoms with Crippen molar-refractivity contribution in [1.82, 2.24) is 0 Å². The van der Waals surface area contributed by atoms with Crippen molar-refractivity contribution >= 4 is 0 Å². The molecule has 0 bridgehead atoms. The van der Waals surface area contributed by atoms with Crippen molar-refractivity contribution in [2.24, 2.45) is 0 Å². The van der Waals surface area contributed by atoms with Gasteiger partial charge in [-0.05, 0) is 56.0 Å². The molecule has 0 radical (unpaired) electrons. The molecule has 0 aliphatic carbocycles. The normalized spacial score (nSPS) is 14.6. The Morgan fingerprint density at radius 1 is 1.25 bits per heavy atom. The Morgan fingerprint density at radius 2 is 1.75 bits per heavy atom. The maximum atomic E-state index is 10.4. The number of benzene rings is 1. The van der Waals surface area contributed by atoms with Gasteiger partial charge < -0.3 is 9.84 Å². The summed E-state index contributed by atoms with van der Waals surface area (Å²) in [6.07, 6.45) is 1.75. The number of rotatable bonds is 4. The summed E-state index contributed by atoms with van der Waals surface area (Å²) in [4.78, 5) is 0. The lowest BCUT2D eigenvalue weighted by Crippen LogP contribution is -2.21. The molecule has 1 aromatic carbocycles. The molecular weight excluding hydrogens is 200 g/mol. The fourth-order valence-electron chi connectivity index (χ4n) is 2.21. The van der Waals surface area contributed by atoms with E-state index in [2.05, 4.69) is 6.92 Å². The van der Waals surface area contributed by atoms with Crippen LogP contribution in [0.25, 0.3) is 0 Å². The average Bonchev–Trinajstić information content (AvgIpc) is 2.17. The Hall–Kier alpha value is -1.02. The van der Waals surface area contributed by atoms with Gasteiger partial charge in [0.25, 0.3) is 0 Å². The van der Waals surface area contributed by atoms with Gasteiger partial charge in [0.1, 0.15) is 5.75 Å². The van der Waals surface area contributed by atoms with Gasteiger partial charge >= 0.3 is 0 Å². The number of aliphatic hydroxyl groups is 1. The van der Waals surface area contributed by atoms with Crippen LogP contribution < -0.4 is 4.74 Å². The van der Waals surface area contributed by atoms with E-state index in [1.807, 2.05) is 32.9 Å². The Balaban J connectivity index is 3.17. The van der Waals surface area contributed by atoms with Gasteiger partial charge in [0, 0.05) is 0 Å². The molecule has 1 aromatic rings. The molecule has 1 atom stereocenters. The molecule has 1 rings (SSSR count). The van der Waals surface area contributed by atoms with Gasteiger partial charge in [-0.2, -0.15) is 0 Å². The molecule has 2 heteroatoms. The fourth-order valence-corrected chi connectivity index (χ4v) is 2.21. The average molecular weight is 222 g/mol. The first-order valence-corrected chi connectivity index (χ1v) is 5.80. The van der Waals surface area contributed by atoms with Crippen LogP contribution >= 0.6 is 0 Å². The Labute approximate surface area is 98.3 Å². The van der Waals surface area contributed by atoms with E-state index in [9.17, 15) is 5.11 Å². The van der Waals surface area contributed by atoms with Gasteiger partial charge in [-0.25, -0.2) is 0 Å². The van der Waals surface area contributed by atoms with E-state index in [4.69, 9.17) is 4.74 Å². The van der Waals surface area contributed by atoms with Crippen LogP contribution in [0.15, 0.2) is 12.1 Å². The summed E-state index contributed by atoms with van der Waals surface area (Å²) in [6.45, 7) is 7.98. The highest BCUT2D eigenvalue weighted by Crippen LogP contribution is 2.32. The largest absolute Gasteiger partial charge is 0.496 e. The van der Waals surface area contributed by atoms with E-state index in [0.717, 1.165) is 35.3 Å². The molecule has 1 N–H and O–H groups in total. The first-order valence-electron chi connectivity index (χ1n) is 5.80. The highest BCUT2D eigenvalue weighted by Gasteiger charge is 2.23. The van der Waals surface area contributed by atoms with Crippen LogP contribution in [-0.4, -0.2) is 12.2 Å². The molecule has 0 aromatic heterocycles. The smallest absolute Gasteiger partial charge is 0.124 e. The minimum absolute atomic E-state index is 0.740. The summed E-state index contributed by atoms with van der Waals surface area (Å²) in [5, 5.41) is 10.4. The molecular formula is C14H22O2. The second-order valence-corrected chi connectivity index (χ2v) is 4.67. The van der Waals surface area contributed by atoms with Gasteiger partial charge in [-0.1, -0.05) is 13.3 Å². The maximum absolute atomic E-state index is 10.4. The molecule has 16 heavy (non-hydrogen) atoms. The summed E-state index contributed by atoms with van der Waals surface area (Å²) < 4.78 is 5.32. The minimum Gasteiger partial charge on any atom is -0.496 e. The Morgan fingerprint density at radius 3 is 2.12 bits per heavy atom. The Bertz CT molecular complexity index is 344. The maximum Gasteiger partial charge on any atom is 0.124 e. The third kappa shape index (κ3) is 2.56. The second-order valence-electron chi connectivity index (χ2n) is 4.67. The monoisotopic (exact) mass is 222 g/mol. The van der Waals surface area contributed by atoms with E-state index in [-0.39, 0.29) is 0 Å². The highest BCUT2D eigenvalue weighted by atomic mass is 16.5. The second kappa shape index (κ2) is 4.88. The van der Waals surface area contributed by atoms with Gasteiger partial charge in [0.05, 0.1) is 12.7 Å². The van der Waals surface area contributed by atoms with Gasteiger partial charge in [0.2, 0.25) is 0 Å². The van der Waals surface area contributed by atoms with Gasteiger partial charge in [0.15, 0.2) is 0 Å². The van der Waals surface area contributed by atoms with E-state index in [0.29, 0.717) is 0 Å². The first-order chi connectivity index (χ1) is 7.42. The lowest BCUT2D eigenvalue weighted by Gasteiger charge is -2.25. The zero-order chi connectivity index (χ0) is 12.3. The van der Waals surface area contributed by atoms with Crippen LogP contribution in [0.4, 0.5) is 0 Å². The van der Waals surface area contributed by atoms with Crippen LogP contribution in [0.1, 0.15) is 43.4 Å². The molecule has 0 saturated heterocycles. The molecule has 1 unspecified atom stereocenters. The number of hydrogen-bond acceptors (Lipinski definition) is 2. The zero-order valence-electron chi connectivity index (χ0n) is 10.9. The van der Waals surface area contributed by atoms with Crippen molar-refractivity contribution in [3.05, 3.63) is 28.8 Å². The van der Waals surface area contributed by atoms with Crippen LogP contribution in [0.3, 0.4) is 0 Å². The molecule has 90 valence electrons. The van der Waals surface area contributed by atoms with Crippen LogP contribution in [0, 0.1) is 13.8 Å². The topological polar surface area (TPSA) is 29.5 Å². The fraction of sp³-hybridized carbons (Fsp3) is 0.571. The van der Waals surface area contributed by atoms with Crippen molar-refractivity contribution in [2.45, 2.75) is 46.1 Å². The van der Waals surface area contributed by atoms with E-state index < -0.39 is 5.60 Å². The Kier molecular flexibility index (Phi) is 3.98. The first kappa shape index (κ1) is 13.0. The SMILES string of the molecule is CCCC(C)(O)c1cc(C)c(OC)c(C)c1. The van der Waals surface area contributed by atoms with Crippen molar-refractivity contribution in [3.63, 3.8) is 0 Å². The van der Waals surface area contributed by atoms with E-state index in [1.54, 1.807) is 7.11 Å². The minimum atomic E-state index is -0.740. The van der Waals surface area contributed by atoms with Crippen LogP contribution in [-0.2, 0) is 5.60 Å². The summed E-state index contributed by atoms with van der Waals surface area (Å²) in [6, 6.07) is 4.03. The molecule has 0 amide bonds. The van der Waals surface area contributed by atoms with E-state index >= 15 is 0 Å². The molecule has 0 aliphatic heterocycles. The molecule has 0 saturated carbocycles. The molecule has 0 spiro atoms. The van der Waals surface area contributed by atoms with Gasteiger partial charge in [-0.3, -0.25) is 0 Å². The van der Waals surface area contributed by atoms with Crippen molar-refractivity contribution < 1.29 is 9.84 Å². The predicted octanol–water partition coefficient (Wildman–Crippen LogP) is 3.32. The zero-order valence-corrected chi connectivity index (χ0v) is 10.9. The number of ether oxygens (including phenoxy) is 1. The lowest BCUT2D eigenvalue weighted by molar-refractivity contribution is 0.0468. The molecule has 0 fully saturated rings. The lowest BCUT2D eigenvalue weighted by atomic mass is 9.89. The molecule has 2 nitrogen and oxygen atoms in total. The standard InChI is InChI=1S/C14H22O2/c1-6-7-14(4,15)12-8-10(2)13(16-5)11(3)9-12/h8-9,15H,6-7H2,1-5H3. The third-order valence-electron chi connectivity index (χ3n) is 3.02. The molecule has 0 heterocycles. The van der Waals surface area contributed by atoms with Crippen LogP contribution in [0.2, 0.25) is 0 Å². The number of methoxy groups -OCH3 is 1. The summed E-state index contributed by atoms with van der Waals surface area (Å²) in [5.41, 5.74) is 2.39. The third-order valence-corrected chi connectivity index (χ3v) is 3.02. The summed E-state index contributed by atoms with van der Waals surface area (Å²) in [5.74, 6) is 0.913. The summed E-state index contributed by atoms with van der Waals surface area (Å²) in [7, 11) is 1.68. The number of hydrogen-bond donors (Lipinski definition) is 1. The molecule has 0 aliphatic rings. The van der Waals surface area contributed by atoms with Crippen LogP contribution in [0.5, 0.6) is 5.75 Å². The predicted molar refractivity (Wildman–Crippen MR) is 66.9 cm³/mol. The summed E-state index contributed by atoms with van der Waals surface area (Å²) >= 11 is 0.